The topological polar surface area (TPSA) is 405 Å². The first-order chi connectivity index (χ1) is 61.4. The Balaban J connectivity index is 0.000000124. The molecule has 0 aromatic carbocycles. The number of ketones is 8. The minimum atomic E-state index is -2.27. The lowest BCUT2D eigenvalue weighted by Crippen LogP contribution is -2.71. The molecule has 12 saturated carbocycles. The van der Waals surface area contributed by atoms with Crippen LogP contribution in [0, 0.1) is 90.7 Å². The minimum Gasteiger partial charge on any atom is -0.458 e. The number of hydrogen-bond acceptors (Lipinski definition) is 27. The van der Waals surface area contributed by atoms with Crippen molar-refractivity contribution < 1.29 is 161 Å². The summed E-state index contributed by atoms with van der Waals surface area (Å²) in [7, 11) is 0. The zero-order valence-corrected chi connectivity index (χ0v) is 77.7. The van der Waals surface area contributed by atoms with E-state index < -0.39 is 293 Å². The number of aliphatic hydroxyl groups excluding tert-OH is 5. The average Bonchev–Trinajstić information content (AvgIpc) is 1.41. The van der Waals surface area contributed by atoms with Crippen LogP contribution in [-0.4, -0.2) is 257 Å². The molecule has 0 radical (unpaired) electrons. The fourth-order valence-corrected chi connectivity index (χ4v) is 31.5. The zero-order valence-electron chi connectivity index (χ0n) is 77.7. The summed E-state index contributed by atoms with van der Waals surface area (Å²) in [5.74, 6) is -14.4. The zero-order chi connectivity index (χ0) is 97.6. The summed E-state index contributed by atoms with van der Waals surface area (Å²) in [6.07, 6.45) is 1.15. The van der Waals surface area contributed by atoms with Gasteiger partial charge in [0.1, 0.15) is 36.9 Å². The van der Waals surface area contributed by atoms with Gasteiger partial charge in [0, 0.05) is 81.8 Å². The van der Waals surface area contributed by atoms with E-state index in [-0.39, 0.29) is 111 Å². The van der Waals surface area contributed by atoms with E-state index >= 15 is 30.7 Å². The summed E-state index contributed by atoms with van der Waals surface area (Å²) < 4.78 is 172. The summed E-state index contributed by atoms with van der Waals surface area (Å²) in [5.41, 5.74) is -23.5. The molecule has 1 spiro atoms. The molecule has 20 rings (SSSR count). The van der Waals surface area contributed by atoms with Crippen LogP contribution in [0.4, 0.5) is 30.7 Å². The van der Waals surface area contributed by atoms with E-state index in [1.54, 1.807) is 75.3 Å². The van der Waals surface area contributed by atoms with Crippen molar-refractivity contribution in [2.24, 2.45) is 90.7 Å². The summed E-state index contributed by atoms with van der Waals surface area (Å²) in [6.45, 7) is 24.6. The van der Waals surface area contributed by atoms with Gasteiger partial charge in [-0.05, 0) is 247 Å². The highest BCUT2D eigenvalue weighted by molar-refractivity contribution is 6.04. The molecule has 16 fully saturated rings. The van der Waals surface area contributed by atoms with Crippen LogP contribution in [0.5, 0.6) is 0 Å². The van der Waals surface area contributed by atoms with E-state index in [4.69, 9.17) is 47.4 Å². The second-order valence-electron chi connectivity index (χ2n) is 44.5. The van der Waals surface area contributed by atoms with Gasteiger partial charge in [0.25, 0.3) is 0 Å². The quantitative estimate of drug-likeness (QED) is 0.0485. The maximum Gasteiger partial charge on any atom is 0.303 e. The standard InChI is InChI=1S/2C26H32F2O7.C24H30F2O6.C23H27FO7/c2*1-13(29)33-12-20(32)26-21(34-22(2,3)35-26)10-15-16-9-18(27)17-8-14(30)6-7-23(17,4)25(16,28)19(31)11-24(15,26)5;1-20(2)31-19-9-13-14-8-16(25)15-7-12(28)5-6-21(15,3)23(14,26)17(29)10-22(13,4)24(19,32-20)18(30)11-27;1-11(25)30-10-18(28)22(29)17(27)8-13-14-7-16(24)15-6-12(26)4-5-20(15,2)23(14)19(31-23)9-21(13,22)3/h2*6-8,15-16,18-19,21,31H,9-12H2,1-5H3;5-7,13-14,16-17,19,27,29H,8-11H2,1-4H3;4-6,13-14,16-17,19,27,29H,7-10H2,1-3H3/t2*15-,16-,18-,19-,21+,23-,24-,25-,26+;13-,14-,16-,17-,19+,21-,22-,23-,24+;13?,14?,16-,17+,19?,20-,21-,22-,23?/m0000/s1. The number of rotatable bonds is 11. The molecule has 0 aromatic heterocycles. The molecule has 0 bridgehead atoms. The Hall–Kier alpha value is -7.32. The second kappa shape index (κ2) is 30.6. The third kappa shape index (κ3) is 12.6. The maximum atomic E-state index is 17.3. The lowest BCUT2D eigenvalue weighted by molar-refractivity contribution is -0.249. The van der Waals surface area contributed by atoms with E-state index in [1.807, 2.05) is 6.92 Å². The van der Waals surface area contributed by atoms with Crippen LogP contribution in [0.25, 0.3) is 0 Å². The number of alkyl halides is 7. The number of Topliss-reactive ketones (excluding diaryl/α,β-unsaturated/α-hetero) is 4. The molecular formula is C99H121F7O27. The van der Waals surface area contributed by atoms with Crippen molar-refractivity contribution in [3.63, 3.8) is 0 Å². The summed E-state index contributed by atoms with van der Waals surface area (Å²) in [6, 6.07) is 0. The molecule has 728 valence electrons. The highest BCUT2D eigenvalue weighted by Gasteiger charge is 2.88. The Kier molecular flexibility index (Phi) is 22.4. The predicted molar refractivity (Wildman–Crippen MR) is 450 cm³/mol. The number of fused-ring (bicyclic) bond motifs is 24. The smallest absolute Gasteiger partial charge is 0.303 e. The van der Waals surface area contributed by atoms with Crippen molar-refractivity contribution in [2.75, 3.05) is 26.4 Å². The van der Waals surface area contributed by atoms with E-state index in [1.165, 1.54) is 83.2 Å². The number of halogens is 7. The maximum absolute atomic E-state index is 17.3. The average molecular weight is 1880 g/mol. The molecule has 0 amide bonds. The third-order valence-electron chi connectivity index (χ3n) is 37.0. The molecule has 133 heavy (non-hydrogen) atoms. The van der Waals surface area contributed by atoms with Crippen LogP contribution in [-0.2, 0) is 100 Å². The largest absolute Gasteiger partial charge is 0.458 e. The normalized spacial score (nSPS) is 50.9. The minimum absolute atomic E-state index is 0.0406. The molecule has 0 aromatic rings. The number of allylic oxidation sites excluding steroid dienone is 14. The van der Waals surface area contributed by atoms with Crippen molar-refractivity contribution in [1.29, 1.82) is 0 Å². The van der Waals surface area contributed by atoms with Crippen molar-refractivity contribution >= 4 is 64.2 Å². The van der Waals surface area contributed by atoms with Crippen molar-refractivity contribution in [2.45, 2.75) is 331 Å². The van der Waals surface area contributed by atoms with Gasteiger partial charge in [-0.2, -0.15) is 0 Å². The van der Waals surface area contributed by atoms with Crippen molar-refractivity contribution in [3.05, 3.63) is 95.2 Å². The van der Waals surface area contributed by atoms with Gasteiger partial charge in [-0.3, -0.25) is 52.7 Å². The Morgan fingerprint density at radius 2 is 0.632 bits per heavy atom. The van der Waals surface area contributed by atoms with E-state index in [0.717, 1.165) is 25.2 Å². The van der Waals surface area contributed by atoms with E-state index in [0.29, 0.717) is 12.0 Å². The molecule has 4 aliphatic heterocycles. The first-order valence-electron chi connectivity index (χ1n) is 46.3. The van der Waals surface area contributed by atoms with Crippen LogP contribution in [0.15, 0.2) is 95.2 Å². The molecule has 36 atom stereocenters. The van der Waals surface area contributed by atoms with Crippen LogP contribution in [0.1, 0.15) is 195 Å². The van der Waals surface area contributed by atoms with E-state index in [9.17, 15) is 83.4 Å². The van der Waals surface area contributed by atoms with Crippen LogP contribution in [0.2, 0.25) is 0 Å². The fraction of sp³-hybridized carbons (Fsp3) is 0.727. The van der Waals surface area contributed by atoms with Crippen LogP contribution < -0.4 is 0 Å². The number of hydrogen-bond donors (Lipinski definition) is 6. The summed E-state index contributed by atoms with van der Waals surface area (Å²) in [5, 5.41) is 66.4. The highest BCUT2D eigenvalue weighted by Crippen LogP contribution is 2.80. The molecule has 4 saturated heterocycles. The number of aliphatic hydroxyl groups is 6. The molecule has 20 aliphatic rings. The number of esters is 3. The lowest BCUT2D eigenvalue weighted by Gasteiger charge is -2.63. The molecule has 34 heteroatoms. The fourth-order valence-electron chi connectivity index (χ4n) is 31.5. The number of epoxide rings is 1. The van der Waals surface area contributed by atoms with E-state index in [2.05, 4.69) is 0 Å². The van der Waals surface area contributed by atoms with Gasteiger partial charge in [0.15, 0.2) is 106 Å². The van der Waals surface area contributed by atoms with Crippen molar-refractivity contribution in [1.82, 2.24) is 0 Å². The Labute approximate surface area is 765 Å². The van der Waals surface area contributed by atoms with Gasteiger partial charge in [0.2, 0.25) is 17.3 Å². The number of ether oxygens (including phenoxy) is 10. The Morgan fingerprint density at radius 3 is 0.940 bits per heavy atom. The number of carbonyl (C=O) groups excluding carboxylic acids is 11. The molecule has 27 nitrogen and oxygen atoms in total. The monoisotopic (exact) mass is 1870 g/mol. The molecule has 16 aliphatic carbocycles. The third-order valence-corrected chi connectivity index (χ3v) is 37.0. The van der Waals surface area contributed by atoms with Gasteiger partial charge < -0.3 is 78.0 Å². The summed E-state index contributed by atoms with van der Waals surface area (Å²) in [4.78, 5) is 135. The van der Waals surface area contributed by atoms with Gasteiger partial charge in [-0.1, -0.05) is 52.0 Å². The Morgan fingerprint density at radius 1 is 0.353 bits per heavy atom. The second-order valence-corrected chi connectivity index (χ2v) is 44.5. The molecule has 4 heterocycles. The first kappa shape index (κ1) is 97.3. The molecular weight excluding hydrogens is 1750 g/mol. The van der Waals surface area contributed by atoms with Gasteiger partial charge >= 0.3 is 17.9 Å². The van der Waals surface area contributed by atoms with Gasteiger partial charge in [-0.25, -0.2) is 30.7 Å². The predicted octanol–water partition coefficient (Wildman–Crippen LogP) is 9.45. The van der Waals surface area contributed by atoms with Crippen molar-refractivity contribution in [3.8, 4) is 0 Å². The number of carbonyl (C=O) groups is 11. The highest BCUT2D eigenvalue weighted by atomic mass is 19.2. The lowest BCUT2D eigenvalue weighted by atomic mass is 9.44. The molecule has 4 unspecified atom stereocenters. The van der Waals surface area contributed by atoms with Crippen LogP contribution in [0.3, 0.4) is 0 Å². The van der Waals surface area contributed by atoms with Gasteiger partial charge in [-0.15, -0.1) is 0 Å². The SMILES string of the molecule is CC(=O)OCC(=O)[C@@]1(O)[C@H](O)CC2C3C[C@H](F)C4=CC(=O)C=C[C@]4(C)C34OC4C[C@@]21C.CC(=O)OCC(=O)[C@@]12OC(C)(C)O[C@@H]1C[C@H]1[C@@H]3C[C@H](F)C4=CC(=O)C=C[C@]4(C)[C@@]3(F)[C@@H](O)C[C@@]12C.CC(=O)OCC(=O)[C@@]12OC(C)(C)O[C@@H]1C[C@H]1[C@@H]3C[C@H](F)C4=CC(=O)C=C[C@]4(C)[C@@]3(F)[C@@H](O)C[C@@]12C.CC1(C)O[C@@H]2C[C@H]3[C@@H]4C[C@H](F)C5=CC(=O)C=C[C@]5(C)[C@@]4(F)[C@@H](O)C[C@]3(C)[C@]2(C(=O)CO)O1. The summed E-state index contributed by atoms with van der Waals surface area (Å²) >= 11 is 0. The molecule has 6 N–H and O–H groups in total. The van der Waals surface area contributed by atoms with Crippen LogP contribution >= 0.6 is 0 Å². The Bertz CT molecular complexity index is 5160. The van der Waals surface area contributed by atoms with Gasteiger partial charge in [0.05, 0.1) is 48.8 Å². The first-order valence-corrected chi connectivity index (χ1v) is 46.3.